The molecule has 0 fully saturated rings. The Hall–Kier alpha value is -1.65. The fourth-order valence-electron chi connectivity index (χ4n) is 2.39. The number of aromatic nitrogens is 2. The highest BCUT2D eigenvalue weighted by Crippen LogP contribution is 2.11. The molecule has 1 heterocycles. The molecule has 0 spiro atoms. The van der Waals surface area contributed by atoms with Crippen LogP contribution in [0.15, 0.2) is 30.3 Å². The molecule has 0 bridgehead atoms. The topological polar surface area (TPSA) is 47.1 Å². The molecular formula is C16H24N4. The average Bonchev–Trinajstić information content (AvgIpc) is 2.79. The van der Waals surface area contributed by atoms with Crippen molar-refractivity contribution >= 4 is 0 Å². The Morgan fingerprint density at radius 3 is 2.60 bits per heavy atom. The molecular weight excluding hydrogens is 248 g/mol. The molecule has 1 aromatic carbocycles. The molecule has 20 heavy (non-hydrogen) atoms. The smallest absolute Gasteiger partial charge is 0.0625 e. The second kappa shape index (κ2) is 6.68. The van der Waals surface area contributed by atoms with Gasteiger partial charge in [-0.15, -0.1) is 0 Å². The van der Waals surface area contributed by atoms with Gasteiger partial charge in [0.1, 0.15) is 0 Å². The maximum Gasteiger partial charge on any atom is 0.0625 e. The third-order valence-electron chi connectivity index (χ3n) is 3.50. The van der Waals surface area contributed by atoms with E-state index in [1.165, 1.54) is 16.8 Å². The van der Waals surface area contributed by atoms with Crippen molar-refractivity contribution in [3.63, 3.8) is 0 Å². The van der Waals surface area contributed by atoms with E-state index in [1.54, 1.807) is 0 Å². The minimum absolute atomic E-state index is 0.596. The Balaban J connectivity index is 2.00. The van der Waals surface area contributed by atoms with E-state index in [4.69, 9.17) is 5.73 Å². The Morgan fingerprint density at radius 2 is 1.95 bits per heavy atom. The summed E-state index contributed by atoms with van der Waals surface area (Å²) in [7, 11) is 4.14. The quantitative estimate of drug-likeness (QED) is 0.875. The lowest BCUT2D eigenvalue weighted by Gasteiger charge is -2.17. The second-order valence-corrected chi connectivity index (χ2v) is 5.30. The number of benzene rings is 1. The summed E-state index contributed by atoms with van der Waals surface area (Å²) in [5.41, 5.74) is 10.6. The first-order valence-corrected chi connectivity index (χ1v) is 7.10. The highest BCUT2D eigenvalue weighted by Gasteiger charge is 2.07. The summed E-state index contributed by atoms with van der Waals surface area (Å²) in [6.07, 6.45) is 0.982. The minimum Gasteiger partial charge on any atom is -0.326 e. The summed E-state index contributed by atoms with van der Waals surface area (Å²) in [6, 6.07) is 10.7. The van der Waals surface area contributed by atoms with E-state index in [9.17, 15) is 0 Å². The van der Waals surface area contributed by atoms with Crippen LogP contribution in [0, 0.1) is 0 Å². The van der Waals surface area contributed by atoms with Gasteiger partial charge in [0.15, 0.2) is 0 Å². The lowest BCUT2D eigenvalue weighted by atomic mass is 10.1. The minimum atomic E-state index is 0.596. The van der Waals surface area contributed by atoms with E-state index in [-0.39, 0.29) is 0 Å². The van der Waals surface area contributed by atoms with Gasteiger partial charge in [-0.1, -0.05) is 31.2 Å². The molecule has 0 saturated carbocycles. The van der Waals surface area contributed by atoms with Crippen LogP contribution in [0.1, 0.15) is 29.4 Å². The van der Waals surface area contributed by atoms with E-state index < -0.39 is 0 Å². The number of nitrogens with zero attached hydrogens (tertiary/aromatic N) is 3. The van der Waals surface area contributed by atoms with Gasteiger partial charge in [0.05, 0.1) is 11.4 Å². The summed E-state index contributed by atoms with van der Waals surface area (Å²) in [4.78, 5) is 2.30. The van der Waals surface area contributed by atoms with Crippen molar-refractivity contribution in [1.82, 2.24) is 14.7 Å². The van der Waals surface area contributed by atoms with E-state index in [0.717, 1.165) is 25.2 Å². The SMILES string of the molecule is CCc1cc(CN(C)Cc2cccc(CN)c2)n(C)n1. The fraction of sp³-hybridized carbons (Fsp3) is 0.438. The molecule has 0 amide bonds. The highest BCUT2D eigenvalue weighted by atomic mass is 15.3. The van der Waals surface area contributed by atoms with Crippen molar-refractivity contribution in [1.29, 1.82) is 0 Å². The Labute approximate surface area is 121 Å². The zero-order valence-electron chi connectivity index (χ0n) is 12.6. The monoisotopic (exact) mass is 272 g/mol. The summed E-state index contributed by atoms with van der Waals surface area (Å²) < 4.78 is 1.98. The van der Waals surface area contributed by atoms with Gasteiger partial charge < -0.3 is 5.73 Å². The van der Waals surface area contributed by atoms with Crippen LogP contribution in [0.2, 0.25) is 0 Å². The third kappa shape index (κ3) is 3.68. The van der Waals surface area contributed by atoms with E-state index in [2.05, 4.69) is 54.3 Å². The van der Waals surface area contributed by atoms with Crippen LogP contribution in [0.4, 0.5) is 0 Å². The lowest BCUT2D eigenvalue weighted by molar-refractivity contribution is 0.309. The normalized spacial score (nSPS) is 11.2. The first-order valence-electron chi connectivity index (χ1n) is 7.10. The molecule has 108 valence electrons. The summed E-state index contributed by atoms with van der Waals surface area (Å²) >= 11 is 0. The van der Waals surface area contributed by atoms with Crippen LogP contribution in [0.25, 0.3) is 0 Å². The van der Waals surface area contributed by atoms with Gasteiger partial charge in [-0.25, -0.2) is 0 Å². The first kappa shape index (κ1) is 14.8. The first-order chi connectivity index (χ1) is 9.62. The molecule has 0 atom stereocenters. The number of nitrogens with two attached hydrogens (primary N) is 1. The third-order valence-corrected chi connectivity index (χ3v) is 3.50. The van der Waals surface area contributed by atoms with Gasteiger partial charge in [-0.05, 0) is 30.7 Å². The van der Waals surface area contributed by atoms with Gasteiger partial charge in [0.25, 0.3) is 0 Å². The van der Waals surface area contributed by atoms with E-state index in [1.807, 2.05) is 11.7 Å². The molecule has 0 radical (unpaired) electrons. The summed E-state index contributed by atoms with van der Waals surface area (Å²) in [6.45, 7) is 4.55. The molecule has 4 nitrogen and oxygen atoms in total. The predicted molar refractivity (Wildman–Crippen MR) is 82.1 cm³/mol. The van der Waals surface area contributed by atoms with Crippen molar-refractivity contribution in [2.75, 3.05) is 7.05 Å². The molecule has 0 unspecified atom stereocenters. The highest BCUT2D eigenvalue weighted by molar-refractivity contribution is 5.23. The van der Waals surface area contributed by atoms with Crippen LogP contribution < -0.4 is 5.73 Å². The summed E-state index contributed by atoms with van der Waals surface area (Å²) in [5.74, 6) is 0. The Kier molecular flexibility index (Phi) is 4.93. The average molecular weight is 272 g/mol. The second-order valence-electron chi connectivity index (χ2n) is 5.30. The van der Waals surface area contributed by atoms with Gasteiger partial charge in [-0.3, -0.25) is 9.58 Å². The largest absolute Gasteiger partial charge is 0.326 e. The van der Waals surface area contributed by atoms with Crippen molar-refractivity contribution in [2.45, 2.75) is 33.0 Å². The molecule has 0 aliphatic heterocycles. The molecule has 0 saturated heterocycles. The van der Waals surface area contributed by atoms with Crippen molar-refractivity contribution in [3.05, 3.63) is 52.8 Å². The molecule has 1 aromatic heterocycles. The lowest BCUT2D eigenvalue weighted by Crippen LogP contribution is -2.19. The van der Waals surface area contributed by atoms with E-state index in [0.29, 0.717) is 6.54 Å². The van der Waals surface area contributed by atoms with Gasteiger partial charge >= 0.3 is 0 Å². The maximum absolute atomic E-state index is 5.69. The Morgan fingerprint density at radius 1 is 1.20 bits per heavy atom. The van der Waals surface area contributed by atoms with Crippen LogP contribution in [-0.2, 0) is 33.1 Å². The molecule has 0 aliphatic rings. The zero-order valence-corrected chi connectivity index (χ0v) is 12.6. The molecule has 4 heteroatoms. The fourth-order valence-corrected chi connectivity index (χ4v) is 2.39. The van der Waals surface area contributed by atoms with Crippen molar-refractivity contribution in [3.8, 4) is 0 Å². The molecule has 0 aliphatic carbocycles. The van der Waals surface area contributed by atoms with Crippen LogP contribution in [-0.4, -0.2) is 21.7 Å². The molecule has 2 aromatic rings. The standard InChI is InChI=1S/C16H24N4/c1-4-15-9-16(20(3)18-15)12-19(2)11-14-7-5-6-13(8-14)10-17/h5-9H,4,10-12,17H2,1-3H3. The van der Waals surface area contributed by atoms with Crippen LogP contribution in [0.5, 0.6) is 0 Å². The predicted octanol–water partition coefficient (Wildman–Crippen LogP) is 2.07. The number of hydrogen-bond acceptors (Lipinski definition) is 3. The van der Waals surface area contributed by atoms with Gasteiger partial charge in [-0.2, -0.15) is 5.10 Å². The van der Waals surface area contributed by atoms with Crippen LogP contribution in [0.3, 0.4) is 0 Å². The molecule has 2 N–H and O–H groups in total. The number of rotatable bonds is 6. The molecule has 2 rings (SSSR count). The summed E-state index contributed by atoms with van der Waals surface area (Å²) in [5, 5.41) is 4.49. The van der Waals surface area contributed by atoms with Crippen LogP contribution >= 0.6 is 0 Å². The Bertz CT molecular complexity index is 559. The van der Waals surface area contributed by atoms with E-state index >= 15 is 0 Å². The maximum atomic E-state index is 5.69. The van der Waals surface area contributed by atoms with Crippen molar-refractivity contribution in [2.24, 2.45) is 12.8 Å². The zero-order chi connectivity index (χ0) is 14.5. The van der Waals surface area contributed by atoms with Gasteiger partial charge in [0.2, 0.25) is 0 Å². The van der Waals surface area contributed by atoms with Crippen molar-refractivity contribution < 1.29 is 0 Å². The number of hydrogen-bond donors (Lipinski definition) is 1. The van der Waals surface area contributed by atoms with Gasteiger partial charge in [0, 0.05) is 26.7 Å². The number of aryl methyl sites for hydroxylation is 2.